The number of hydrogen-bond donors (Lipinski definition) is 0. The first-order valence-corrected chi connectivity index (χ1v) is 5.45. The van der Waals surface area contributed by atoms with Crippen molar-refractivity contribution >= 4 is 23.3 Å². The number of benzene rings is 1. The van der Waals surface area contributed by atoms with Gasteiger partial charge in [0.1, 0.15) is 0 Å². The van der Waals surface area contributed by atoms with E-state index in [1.54, 1.807) is 30.6 Å². The van der Waals surface area contributed by atoms with Crippen molar-refractivity contribution in [1.29, 1.82) is 5.26 Å². The Labute approximate surface area is 105 Å². The topological polar surface area (TPSA) is 36.7 Å². The molecule has 0 aliphatic carbocycles. The van der Waals surface area contributed by atoms with Crippen LogP contribution in [0.3, 0.4) is 0 Å². The fraction of sp³-hybridized carbons (Fsp3) is 0. The Balaban J connectivity index is 2.38. The molecule has 0 saturated heterocycles. The molecule has 0 aliphatic heterocycles. The Kier molecular flexibility index (Phi) is 3.54. The first kappa shape index (κ1) is 11.4. The van der Waals surface area contributed by atoms with Gasteiger partial charge in [-0.05, 0) is 35.4 Å². The Hall–Kier alpha value is -2.11. The van der Waals surface area contributed by atoms with Crippen LogP contribution in [0.2, 0.25) is 5.02 Å². The van der Waals surface area contributed by atoms with Crippen molar-refractivity contribution in [3.63, 3.8) is 0 Å². The van der Waals surface area contributed by atoms with E-state index in [2.05, 4.69) is 11.1 Å². The van der Waals surface area contributed by atoms with E-state index in [-0.39, 0.29) is 0 Å². The molecule has 0 fully saturated rings. The second-order valence-corrected chi connectivity index (χ2v) is 3.90. The van der Waals surface area contributed by atoms with E-state index >= 15 is 0 Å². The zero-order chi connectivity index (χ0) is 12.1. The lowest BCUT2D eigenvalue weighted by molar-refractivity contribution is 1.32. The van der Waals surface area contributed by atoms with Crippen molar-refractivity contribution < 1.29 is 0 Å². The van der Waals surface area contributed by atoms with E-state index in [0.29, 0.717) is 10.6 Å². The molecule has 1 heterocycles. The second kappa shape index (κ2) is 5.29. The number of hydrogen-bond acceptors (Lipinski definition) is 2. The molecule has 0 spiro atoms. The maximum Gasteiger partial charge on any atom is 0.0998 e. The molecule has 17 heavy (non-hydrogen) atoms. The summed E-state index contributed by atoms with van der Waals surface area (Å²) in [6, 6.07) is 13.1. The van der Waals surface area contributed by atoms with Gasteiger partial charge in [0.05, 0.1) is 11.6 Å². The molecule has 0 radical (unpaired) electrons. The largest absolute Gasteiger partial charge is 0.264 e. The normalized spacial score (nSPS) is 10.9. The molecule has 2 nitrogen and oxygen atoms in total. The zero-order valence-electron chi connectivity index (χ0n) is 8.97. The molecule has 0 aliphatic rings. The Morgan fingerprint density at radius 1 is 1.24 bits per heavy atom. The van der Waals surface area contributed by atoms with Crippen molar-refractivity contribution in [3.8, 4) is 6.07 Å². The second-order valence-electron chi connectivity index (χ2n) is 3.46. The third-order valence-electron chi connectivity index (χ3n) is 2.27. The summed E-state index contributed by atoms with van der Waals surface area (Å²) in [4.78, 5) is 4.00. The third-order valence-corrected chi connectivity index (χ3v) is 2.52. The SMILES string of the molecule is N#C/C(=C\c1cccnc1)c1ccc(Cl)cc1. The fourth-order valence-corrected chi connectivity index (χ4v) is 1.56. The lowest BCUT2D eigenvalue weighted by Crippen LogP contribution is -1.82. The number of nitriles is 1. The standard InChI is InChI=1S/C14H9ClN2/c15-14-5-3-12(4-6-14)13(9-16)8-11-2-1-7-17-10-11/h1-8,10H/b13-8+. The lowest BCUT2D eigenvalue weighted by atomic mass is 10.1. The molecule has 82 valence electrons. The Morgan fingerprint density at radius 2 is 2.00 bits per heavy atom. The molecule has 2 aromatic rings. The van der Waals surface area contributed by atoms with E-state index in [9.17, 15) is 0 Å². The number of allylic oxidation sites excluding steroid dienone is 1. The molecule has 2 rings (SSSR count). The van der Waals surface area contributed by atoms with Crippen LogP contribution in [0.5, 0.6) is 0 Å². The number of aromatic nitrogens is 1. The minimum Gasteiger partial charge on any atom is -0.264 e. The van der Waals surface area contributed by atoms with Gasteiger partial charge in [0.2, 0.25) is 0 Å². The predicted octanol–water partition coefficient (Wildman–Crippen LogP) is 3.80. The minimum absolute atomic E-state index is 0.592. The highest BCUT2D eigenvalue weighted by molar-refractivity contribution is 6.30. The molecular weight excluding hydrogens is 232 g/mol. The average Bonchev–Trinajstić information content (AvgIpc) is 2.38. The van der Waals surface area contributed by atoms with Crippen LogP contribution in [-0.4, -0.2) is 4.98 Å². The quantitative estimate of drug-likeness (QED) is 0.749. The van der Waals surface area contributed by atoms with Gasteiger partial charge < -0.3 is 0 Å². The van der Waals surface area contributed by atoms with Crippen molar-refractivity contribution in [1.82, 2.24) is 4.98 Å². The fourth-order valence-electron chi connectivity index (χ4n) is 1.44. The van der Waals surface area contributed by atoms with Gasteiger partial charge in [0.25, 0.3) is 0 Å². The molecule has 0 unspecified atom stereocenters. The molecule has 3 heteroatoms. The van der Waals surface area contributed by atoms with Crippen LogP contribution in [0.1, 0.15) is 11.1 Å². The van der Waals surface area contributed by atoms with Gasteiger partial charge in [-0.1, -0.05) is 29.8 Å². The molecule has 0 atom stereocenters. The predicted molar refractivity (Wildman–Crippen MR) is 69.2 cm³/mol. The van der Waals surface area contributed by atoms with Gasteiger partial charge in [0.15, 0.2) is 0 Å². The van der Waals surface area contributed by atoms with Crippen molar-refractivity contribution in [2.24, 2.45) is 0 Å². The van der Waals surface area contributed by atoms with Crippen LogP contribution >= 0.6 is 11.6 Å². The van der Waals surface area contributed by atoms with E-state index in [0.717, 1.165) is 11.1 Å². The van der Waals surface area contributed by atoms with Gasteiger partial charge in [-0.3, -0.25) is 4.98 Å². The van der Waals surface area contributed by atoms with Crippen molar-refractivity contribution in [3.05, 3.63) is 64.9 Å². The van der Waals surface area contributed by atoms with E-state index in [4.69, 9.17) is 16.9 Å². The van der Waals surface area contributed by atoms with Crippen LogP contribution in [-0.2, 0) is 0 Å². The van der Waals surface area contributed by atoms with E-state index in [1.807, 2.05) is 24.3 Å². The molecule has 0 amide bonds. The maximum absolute atomic E-state index is 9.14. The first-order chi connectivity index (χ1) is 8.29. The summed E-state index contributed by atoms with van der Waals surface area (Å²) in [7, 11) is 0. The van der Waals surface area contributed by atoms with Gasteiger partial charge in [0, 0.05) is 17.4 Å². The summed E-state index contributed by atoms with van der Waals surface area (Å²) in [6.07, 6.45) is 5.22. The highest BCUT2D eigenvalue weighted by Gasteiger charge is 2.00. The molecule has 0 saturated carbocycles. The Morgan fingerprint density at radius 3 is 2.59 bits per heavy atom. The molecule has 1 aromatic carbocycles. The van der Waals surface area contributed by atoms with E-state index in [1.165, 1.54) is 0 Å². The number of nitrogens with zero attached hydrogens (tertiary/aromatic N) is 2. The van der Waals surface area contributed by atoms with Gasteiger partial charge in [-0.2, -0.15) is 5.26 Å². The molecule has 1 aromatic heterocycles. The lowest BCUT2D eigenvalue weighted by Gasteiger charge is -1.99. The summed E-state index contributed by atoms with van der Waals surface area (Å²) >= 11 is 5.81. The highest BCUT2D eigenvalue weighted by Crippen LogP contribution is 2.19. The van der Waals surface area contributed by atoms with Crippen molar-refractivity contribution in [2.45, 2.75) is 0 Å². The first-order valence-electron chi connectivity index (χ1n) is 5.07. The zero-order valence-corrected chi connectivity index (χ0v) is 9.72. The smallest absolute Gasteiger partial charge is 0.0998 e. The number of rotatable bonds is 2. The number of halogens is 1. The number of pyridine rings is 1. The summed E-state index contributed by atoms with van der Waals surface area (Å²) in [5.74, 6) is 0. The highest BCUT2D eigenvalue weighted by atomic mass is 35.5. The minimum atomic E-state index is 0.592. The summed E-state index contributed by atoms with van der Waals surface area (Å²) in [6.45, 7) is 0. The Bertz CT molecular complexity index is 565. The van der Waals surface area contributed by atoms with Crippen LogP contribution in [0.15, 0.2) is 48.8 Å². The van der Waals surface area contributed by atoms with Crippen LogP contribution in [0.4, 0.5) is 0 Å². The van der Waals surface area contributed by atoms with Gasteiger partial charge in [-0.15, -0.1) is 0 Å². The van der Waals surface area contributed by atoms with E-state index < -0.39 is 0 Å². The molecule has 0 bridgehead atoms. The monoisotopic (exact) mass is 240 g/mol. The van der Waals surface area contributed by atoms with Crippen LogP contribution in [0, 0.1) is 11.3 Å². The molecular formula is C14H9ClN2. The third kappa shape index (κ3) is 2.93. The van der Waals surface area contributed by atoms with Crippen molar-refractivity contribution in [2.75, 3.05) is 0 Å². The average molecular weight is 241 g/mol. The summed E-state index contributed by atoms with van der Waals surface area (Å²) < 4.78 is 0. The van der Waals surface area contributed by atoms with Crippen LogP contribution in [0.25, 0.3) is 11.6 Å². The maximum atomic E-state index is 9.14. The summed E-state index contributed by atoms with van der Waals surface area (Å²) in [5, 5.41) is 9.80. The van der Waals surface area contributed by atoms with Gasteiger partial charge >= 0.3 is 0 Å². The molecule has 0 N–H and O–H groups in total. The summed E-state index contributed by atoms with van der Waals surface area (Å²) in [5.41, 5.74) is 2.34. The van der Waals surface area contributed by atoms with Gasteiger partial charge in [-0.25, -0.2) is 0 Å². The van der Waals surface area contributed by atoms with Crippen LogP contribution < -0.4 is 0 Å².